The number of likely N-dealkylation sites (tertiary alicyclic amines) is 1. The molecule has 4 N–H and O–H groups in total. The molecule has 3 amide bonds. The van der Waals surface area contributed by atoms with Crippen molar-refractivity contribution in [3.8, 4) is 0 Å². The lowest BCUT2D eigenvalue weighted by Crippen LogP contribution is -2.54. The molecular formula is C26H25ClFN5O5. The van der Waals surface area contributed by atoms with Crippen LogP contribution in [0.2, 0.25) is 5.02 Å². The van der Waals surface area contributed by atoms with Crippen LogP contribution in [-0.4, -0.2) is 45.7 Å². The third kappa shape index (κ3) is 4.01. The average molecular weight is 542 g/mol. The molecule has 2 aliphatic heterocycles. The zero-order valence-corrected chi connectivity index (χ0v) is 21.0. The van der Waals surface area contributed by atoms with E-state index < -0.39 is 35.0 Å². The summed E-state index contributed by atoms with van der Waals surface area (Å²) in [6.45, 7) is 0.319. The fourth-order valence-electron chi connectivity index (χ4n) is 5.72. The number of carbonyl (C=O) groups is 3. The molecule has 1 aliphatic carbocycles. The molecule has 0 unspecified atom stereocenters. The quantitative estimate of drug-likeness (QED) is 0.452. The highest BCUT2D eigenvalue weighted by Gasteiger charge is 2.49. The van der Waals surface area contributed by atoms with Crippen molar-refractivity contribution in [1.29, 1.82) is 0 Å². The number of piperidine rings is 1. The molecule has 0 radical (unpaired) electrons. The maximum absolute atomic E-state index is 15.3. The Hall–Kier alpha value is -3.86. The molecule has 3 heterocycles. The maximum atomic E-state index is 15.3. The van der Waals surface area contributed by atoms with E-state index in [-0.39, 0.29) is 39.7 Å². The third-order valence-corrected chi connectivity index (χ3v) is 7.99. The number of benzene rings is 2. The minimum atomic E-state index is -1.40. The van der Waals surface area contributed by atoms with Crippen LogP contribution < -0.4 is 16.6 Å². The Morgan fingerprint density at radius 1 is 1.24 bits per heavy atom. The van der Waals surface area contributed by atoms with Gasteiger partial charge in [0.1, 0.15) is 6.04 Å². The Morgan fingerprint density at radius 2 is 2.03 bits per heavy atom. The van der Waals surface area contributed by atoms with Gasteiger partial charge in [-0.05, 0) is 55.5 Å². The van der Waals surface area contributed by atoms with E-state index in [1.807, 2.05) is 0 Å². The van der Waals surface area contributed by atoms with Crippen molar-refractivity contribution in [1.82, 2.24) is 14.7 Å². The topological polar surface area (TPSA) is 140 Å². The highest BCUT2D eigenvalue weighted by Crippen LogP contribution is 2.46. The minimum Gasteiger partial charge on any atom is -0.436 e. The first-order valence-electron chi connectivity index (χ1n) is 12.5. The van der Waals surface area contributed by atoms with Gasteiger partial charge in [0.15, 0.2) is 11.4 Å². The number of aromatic nitrogens is 2. The fourth-order valence-corrected chi connectivity index (χ4v) is 5.87. The highest BCUT2D eigenvalue weighted by atomic mass is 35.5. The molecule has 2 aromatic carbocycles. The largest absolute Gasteiger partial charge is 0.436 e. The van der Waals surface area contributed by atoms with E-state index in [9.17, 15) is 19.2 Å². The number of hydrogen-bond acceptors (Lipinski definition) is 5. The summed E-state index contributed by atoms with van der Waals surface area (Å²) in [4.78, 5) is 52.5. The van der Waals surface area contributed by atoms with Crippen LogP contribution in [0.1, 0.15) is 54.1 Å². The van der Waals surface area contributed by atoms with Gasteiger partial charge in [-0.2, -0.15) is 0 Å². The lowest BCUT2D eigenvalue weighted by Gasteiger charge is -2.45. The molecular weight excluding hydrogens is 517 g/mol. The van der Waals surface area contributed by atoms with Gasteiger partial charge in [-0.15, -0.1) is 0 Å². The SMILES string of the molecule is NC(=O)c1ccc2c(c1)c(=O)[nH]n2[C@@H](CC1CC1)C(=O)N1CCC[C@@]2(C1)OC(=O)Nc1ccc(Cl)c(F)c12. The molecule has 12 heteroatoms. The molecule has 38 heavy (non-hydrogen) atoms. The Balaban J connectivity index is 1.39. The normalized spacial score (nSPS) is 21.6. The number of nitrogens with zero attached hydrogens (tertiary/aromatic N) is 2. The second-order valence-electron chi connectivity index (χ2n) is 10.3. The third-order valence-electron chi connectivity index (χ3n) is 7.70. The molecule has 2 fully saturated rings. The Bertz CT molecular complexity index is 1560. The van der Waals surface area contributed by atoms with Crippen LogP contribution in [0.25, 0.3) is 10.9 Å². The van der Waals surface area contributed by atoms with Gasteiger partial charge in [0, 0.05) is 12.1 Å². The zero-order chi connectivity index (χ0) is 26.8. The highest BCUT2D eigenvalue weighted by molar-refractivity contribution is 6.31. The van der Waals surface area contributed by atoms with Crippen molar-refractivity contribution < 1.29 is 23.5 Å². The van der Waals surface area contributed by atoms with Crippen LogP contribution in [0.3, 0.4) is 0 Å². The first-order chi connectivity index (χ1) is 18.2. The Morgan fingerprint density at radius 3 is 2.76 bits per heavy atom. The van der Waals surface area contributed by atoms with Gasteiger partial charge < -0.3 is 15.4 Å². The van der Waals surface area contributed by atoms with Crippen LogP contribution in [0.15, 0.2) is 35.1 Å². The van der Waals surface area contributed by atoms with E-state index in [1.165, 1.54) is 24.3 Å². The summed E-state index contributed by atoms with van der Waals surface area (Å²) in [5.74, 6) is -1.31. The predicted octanol–water partition coefficient (Wildman–Crippen LogP) is 3.64. The molecule has 1 saturated carbocycles. The number of ether oxygens (including phenoxy) is 1. The molecule has 3 aromatic rings. The van der Waals surface area contributed by atoms with E-state index in [1.54, 1.807) is 15.6 Å². The van der Waals surface area contributed by atoms with Gasteiger partial charge in [-0.25, -0.2) is 9.18 Å². The van der Waals surface area contributed by atoms with Crippen molar-refractivity contribution >= 4 is 46.1 Å². The molecule has 2 atom stereocenters. The number of hydrogen-bond donors (Lipinski definition) is 3. The summed E-state index contributed by atoms with van der Waals surface area (Å²) < 4.78 is 22.5. The van der Waals surface area contributed by atoms with E-state index in [0.717, 1.165) is 12.8 Å². The smallest absolute Gasteiger partial charge is 0.412 e. The molecule has 0 bridgehead atoms. The summed E-state index contributed by atoms with van der Waals surface area (Å²) in [6, 6.07) is 6.67. The second kappa shape index (κ2) is 8.87. The molecule has 3 aliphatic rings. The van der Waals surface area contributed by atoms with Crippen LogP contribution >= 0.6 is 11.6 Å². The summed E-state index contributed by atoms with van der Waals surface area (Å²) in [7, 11) is 0. The summed E-state index contributed by atoms with van der Waals surface area (Å²) in [5.41, 5.74) is 4.59. The summed E-state index contributed by atoms with van der Waals surface area (Å²) in [5, 5.41) is 5.44. The molecule has 1 aromatic heterocycles. The van der Waals surface area contributed by atoms with Gasteiger partial charge in [-0.3, -0.25) is 29.5 Å². The first kappa shape index (κ1) is 24.5. The number of anilines is 1. The van der Waals surface area contributed by atoms with Gasteiger partial charge in [-0.1, -0.05) is 24.4 Å². The molecule has 1 spiro atoms. The zero-order valence-electron chi connectivity index (χ0n) is 20.3. The number of primary amides is 1. The maximum Gasteiger partial charge on any atom is 0.412 e. The molecule has 198 valence electrons. The number of aromatic amines is 1. The van der Waals surface area contributed by atoms with E-state index in [4.69, 9.17) is 22.1 Å². The van der Waals surface area contributed by atoms with Crippen LogP contribution in [0.4, 0.5) is 14.9 Å². The van der Waals surface area contributed by atoms with Crippen molar-refractivity contribution in [2.75, 3.05) is 18.4 Å². The van der Waals surface area contributed by atoms with Crippen molar-refractivity contribution in [3.05, 3.63) is 62.7 Å². The lowest BCUT2D eigenvalue weighted by molar-refractivity contribution is -0.143. The number of fused-ring (bicyclic) bond motifs is 3. The number of rotatable bonds is 5. The van der Waals surface area contributed by atoms with Crippen LogP contribution in [0.5, 0.6) is 0 Å². The Labute approximate surface area is 220 Å². The Kier molecular flexibility index (Phi) is 5.71. The van der Waals surface area contributed by atoms with Crippen LogP contribution in [0, 0.1) is 11.7 Å². The van der Waals surface area contributed by atoms with Gasteiger partial charge in [0.25, 0.3) is 5.56 Å². The van der Waals surface area contributed by atoms with Crippen LogP contribution in [-0.2, 0) is 15.1 Å². The van der Waals surface area contributed by atoms with Crippen molar-refractivity contribution in [2.45, 2.75) is 43.7 Å². The van der Waals surface area contributed by atoms with Gasteiger partial charge >= 0.3 is 6.09 Å². The number of nitrogens with two attached hydrogens (primary N) is 1. The van der Waals surface area contributed by atoms with Gasteiger partial charge in [0.05, 0.1) is 33.7 Å². The summed E-state index contributed by atoms with van der Waals surface area (Å²) in [6.07, 6.45) is 2.51. The predicted molar refractivity (Wildman–Crippen MR) is 136 cm³/mol. The molecule has 1 saturated heterocycles. The average Bonchev–Trinajstić information content (AvgIpc) is 3.65. The van der Waals surface area contributed by atoms with E-state index in [2.05, 4.69) is 10.4 Å². The second-order valence-corrected chi connectivity index (χ2v) is 10.7. The van der Waals surface area contributed by atoms with Gasteiger partial charge in [0.2, 0.25) is 11.8 Å². The standard InChI is InChI=1S/C26H25ClFN5O5/c27-16-5-6-17-20(21(16)28)26(38-25(37)30-17)8-1-9-32(12-26)24(36)19(10-13-2-3-13)33-18-7-4-14(22(29)34)11-15(18)23(35)31-33/h4-7,11,13,19H,1-3,8-10,12H2,(H2,29,34)(H,30,37)(H,31,35)/t19-,26-/m0/s1. The van der Waals surface area contributed by atoms with E-state index >= 15 is 4.39 Å². The fraction of sp³-hybridized carbons (Fsp3) is 0.385. The molecule has 6 rings (SSSR count). The first-order valence-corrected chi connectivity index (χ1v) is 12.9. The number of H-pyrrole nitrogens is 1. The number of carbonyl (C=O) groups excluding carboxylic acids is 3. The number of halogens is 2. The monoisotopic (exact) mass is 541 g/mol. The lowest BCUT2D eigenvalue weighted by atomic mass is 9.82. The van der Waals surface area contributed by atoms with Crippen molar-refractivity contribution in [2.24, 2.45) is 11.7 Å². The minimum absolute atomic E-state index is 0.0556. The van der Waals surface area contributed by atoms with E-state index in [0.29, 0.717) is 37.2 Å². The molecule has 10 nitrogen and oxygen atoms in total. The number of amides is 3. The number of nitrogens with one attached hydrogen (secondary N) is 2. The summed E-state index contributed by atoms with van der Waals surface area (Å²) >= 11 is 6.08. The van der Waals surface area contributed by atoms with Crippen molar-refractivity contribution in [3.63, 3.8) is 0 Å².